The van der Waals surface area contributed by atoms with Gasteiger partial charge < -0.3 is 10.2 Å². The molecule has 1 aliphatic carbocycles. The van der Waals surface area contributed by atoms with Crippen molar-refractivity contribution in [2.24, 2.45) is 0 Å². The second-order valence-electron chi connectivity index (χ2n) is 7.75. The molecule has 2 aliphatic rings. The van der Waals surface area contributed by atoms with Gasteiger partial charge in [0.15, 0.2) is 5.69 Å². The summed E-state index contributed by atoms with van der Waals surface area (Å²) in [6.07, 6.45) is 11.9. The van der Waals surface area contributed by atoms with Crippen LogP contribution in [0.3, 0.4) is 0 Å². The number of carbonyl (C=O) groups is 2. The molecule has 4 rings (SSSR count). The zero-order valence-electron chi connectivity index (χ0n) is 15.8. The number of likely N-dealkylation sites (tertiary alicyclic amines) is 1. The van der Waals surface area contributed by atoms with Crippen LogP contribution in [-0.4, -0.2) is 45.2 Å². The number of aromatic nitrogens is 2. The van der Waals surface area contributed by atoms with E-state index in [1.54, 1.807) is 4.40 Å². The van der Waals surface area contributed by atoms with E-state index in [2.05, 4.69) is 10.3 Å². The maximum Gasteiger partial charge on any atom is 0.287 e. The lowest BCUT2D eigenvalue weighted by atomic mass is 10.1. The highest BCUT2D eigenvalue weighted by molar-refractivity contribution is 6.02. The van der Waals surface area contributed by atoms with Gasteiger partial charge in [0.25, 0.3) is 11.8 Å². The Morgan fingerprint density at radius 2 is 1.67 bits per heavy atom. The van der Waals surface area contributed by atoms with Gasteiger partial charge in [-0.1, -0.05) is 31.7 Å². The molecule has 0 aromatic carbocycles. The predicted octanol–water partition coefficient (Wildman–Crippen LogP) is 3.41. The first-order chi connectivity index (χ1) is 13.2. The van der Waals surface area contributed by atoms with E-state index in [1.807, 2.05) is 29.3 Å². The van der Waals surface area contributed by atoms with Gasteiger partial charge in [0.2, 0.25) is 5.82 Å². The van der Waals surface area contributed by atoms with Gasteiger partial charge in [-0.15, -0.1) is 0 Å². The van der Waals surface area contributed by atoms with Gasteiger partial charge in [0.05, 0.1) is 5.52 Å². The van der Waals surface area contributed by atoms with Crippen molar-refractivity contribution in [3.05, 3.63) is 35.9 Å². The fraction of sp³-hybridized carbons (Fsp3) is 0.571. The van der Waals surface area contributed by atoms with Crippen LogP contribution in [0.4, 0.5) is 0 Å². The molecule has 2 aromatic heterocycles. The number of imidazole rings is 1. The standard InChI is InChI=1S/C21H28N4O2/c26-20(22-16-10-4-1-2-5-11-16)19-23-18(17-12-6-9-15-25(17)19)21(27)24-13-7-3-8-14-24/h6,9,12,15-16H,1-5,7-8,10-11,13-14H2,(H,22,26). The van der Waals surface area contributed by atoms with Crippen LogP contribution in [0.5, 0.6) is 0 Å². The first kappa shape index (κ1) is 18.0. The van der Waals surface area contributed by atoms with Gasteiger partial charge in [-0.05, 0) is 44.2 Å². The molecule has 1 aliphatic heterocycles. The predicted molar refractivity (Wildman–Crippen MR) is 104 cm³/mol. The Hall–Kier alpha value is -2.37. The van der Waals surface area contributed by atoms with Crippen LogP contribution in [0.15, 0.2) is 24.4 Å². The molecule has 0 atom stereocenters. The van der Waals surface area contributed by atoms with Crippen LogP contribution in [0.25, 0.3) is 5.52 Å². The summed E-state index contributed by atoms with van der Waals surface area (Å²) in [6.45, 7) is 1.54. The van der Waals surface area contributed by atoms with E-state index in [1.165, 1.54) is 19.3 Å². The van der Waals surface area contributed by atoms with Crippen molar-refractivity contribution in [1.29, 1.82) is 0 Å². The summed E-state index contributed by atoms with van der Waals surface area (Å²) >= 11 is 0. The fourth-order valence-electron chi connectivity index (χ4n) is 4.28. The summed E-state index contributed by atoms with van der Waals surface area (Å²) in [5, 5.41) is 3.15. The maximum atomic E-state index is 13.0. The van der Waals surface area contributed by atoms with Crippen LogP contribution in [0.1, 0.15) is 78.9 Å². The molecule has 0 unspecified atom stereocenters. The van der Waals surface area contributed by atoms with Crippen molar-refractivity contribution in [3.63, 3.8) is 0 Å². The molecule has 6 heteroatoms. The molecule has 1 N–H and O–H groups in total. The van der Waals surface area contributed by atoms with Crippen molar-refractivity contribution in [2.75, 3.05) is 13.1 Å². The largest absolute Gasteiger partial charge is 0.347 e. The van der Waals surface area contributed by atoms with E-state index in [0.717, 1.165) is 51.6 Å². The lowest BCUT2D eigenvalue weighted by molar-refractivity contribution is 0.0721. The zero-order valence-corrected chi connectivity index (χ0v) is 15.8. The van der Waals surface area contributed by atoms with Gasteiger partial charge in [-0.3, -0.25) is 14.0 Å². The van der Waals surface area contributed by atoms with Crippen LogP contribution in [0, 0.1) is 0 Å². The van der Waals surface area contributed by atoms with Crippen molar-refractivity contribution in [2.45, 2.75) is 63.8 Å². The SMILES string of the molecule is O=C(NC1CCCCCC1)c1nc(C(=O)N2CCCCC2)c2ccccn12. The van der Waals surface area contributed by atoms with Crippen LogP contribution < -0.4 is 5.32 Å². The second-order valence-corrected chi connectivity index (χ2v) is 7.75. The molecule has 2 aromatic rings. The Bertz CT molecular complexity index is 815. The van der Waals surface area contributed by atoms with Gasteiger partial charge in [0, 0.05) is 25.3 Å². The number of amides is 2. The van der Waals surface area contributed by atoms with E-state index in [9.17, 15) is 9.59 Å². The number of piperidine rings is 1. The van der Waals surface area contributed by atoms with Crippen molar-refractivity contribution in [1.82, 2.24) is 19.6 Å². The average molecular weight is 368 g/mol. The molecule has 1 saturated carbocycles. The molecule has 0 bridgehead atoms. The van der Waals surface area contributed by atoms with Crippen molar-refractivity contribution >= 4 is 17.3 Å². The molecule has 2 fully saturated rings. The van der Waals surface area contributed by atoms with Crippen LogP contribution in [0.2, 0.25) is 0 Å². The summed E-state index contributed by atoms with van der Waals surface area (Å²) in [4.78, 5) is 32.3. The quantitative estimate of drug-likeness (QED) is 0.844. The normalized spacial score (nSPS) is 19.0. The number of carbonyl (C=O) groups excluding carboxylic acids is 2. The average Bonchev–Trinajstić information content (AvgIpc) is 2.91. The third-order valence-corrected chi connectivity index (χ3v) is 5.79. The summed E-state index contributed by atoms with van der Waals surface area (Å²) in [5.41, 5.74) is 1.10. The summed E-state index contributed by atoms with van der Waals surface area (Å²) in [6, 6.07) is 5.83. The topological polar surface area (TPSA) is 66.7 Å². The van der Waals surface area contributed by atoms with E-state index < -0.39 is 0 Å². The molecule has 2 amide bonds. The Kier molecular flexibility index (Phi) is 5.41. The number of fused-ring (bicyclic) bond motifs is 1. The molecule has 27 heavy (non-hydrogen) atoms. The summed E-state index contributed by atoms with van der Waals surface area (Å²) in [5.74, 6) is 0.0721. The third kappa shape index (κ3) is 3.84. The molecule has 1 saturated heterocycles. The molecule has 3 heterocycles. The number of nitrogens with zero attached hydrogens (tertiary/aromatic N) is 3. The first-order valence-electron chi connectivity index (χ1n) is 10.3. The maximum absolute atomic E-state index is 13.0. The molecule has 0 spiro atoms. The minimum absolute atomic E-state index is 0.0630. The fourth-order valence-corrected chi connectivity index (χ4v) is 4.28. The van der Waals surface area contributed by atoms with E-state index in [4.69, 9.17) is 0 Å². The number of hydrogen-bond acceptors (Lipinski definition) is 3. The molecule has 0 radical (unpaired) electrons. The Morgan fingerprint density at radius 3 is 2.41 bits per heavy atom. The monoisotopic (exact) mass is 368 g/mol. The van der Waals surface area contributed by atoms with Gasteiger partial charge >= 0.3 is 0 Å². The van der Waals surface area contributed by atoms with Gasteiger partial charge in [-0.2, -0.15) is 0 Å². The Balaban J connectivity index is 1.61. The molecular formula is C21H28N4O2. The molecule has 144 valence electrons. The zero-order chi connectivity index (χ0) is 18.6. The van der Waals surface area contributed by atoms with Crippen molar-refractivity contribution < 1.29 is 9.59 Å². The van der Waals surface area contributed by atoms with Crippen LogP contribution >= 0.6 is 0 Å². The highest BCUT2D eigenvalue weighted by Gasteiger charge is 2.27. The smallest absolute Gasteiger partial charge is 0.287 e. The van der Waals surface area contributed by atoms with Gasteiger partial charge in [0.1, 0.15) is 0 Å². The van der Waals surface area contributed by atoms with Gasteiger partial charge in [-0.25, -0.2) is 4.98 Å². The molecule has 6 nitrogen and oxygen atoms in total. The highest BCUT2D eigenvalue weighted by atomic mass is 16.2. The Labute approximate surface area is 159 Å². The van der Waals surface area contributed by atoms with Crippen molar-refractivity contribution in [3.8, 4) is 0 Å². The number of nitrogens with one attached hydrogen (secondary N) is 1. The summed E-state index contributed by atoms with van der Waals surface area (Å²) < 4.78 is 1.75. The first-order valence-corrected chi connectivity index (χ1v) is 10.3. The van der Waals surface area contributed by atoms with Crippen LogP contribution in [-0.2, 0) is 0 Å². The highest BCUT2D eigenvalue weighted by Crippen LogP contribution is 2.20. The molecular weight excluding hydrogens is 340 g/mol. The minimum atomic E-state index is -0.180. The number of pyridine rings is 1. The number of rotatable bonds is 3. The lowest BCUT2D eigenvalue weighted by Gasteiger charge is -2.25. The second kappa shape index (κ2) is 8.11. The Morgan fingerprint density at radius 1 is 0.963 bits per heavy atom. The summed E-state index contributed by atoms with van der Waals surface area (Å²) in [7, 11) is 0. The third-order valence-electron chi connectivity index (χ3n) is 5.79. The lowest BCUT2D eigenvalue weighted by Crippen LogP contribution is -2.36. The van der Waals surface area contributed by atoms with E-state index in [0.29, 0.717) is 17.0 Å². The minimum Gasteiger partial charge on any atom is -0.347 e. The van der Waals surface area contributed by atoms with E-state index in [-0.39, 0.29) is 17.9 Å². The van der Waals surface area contributed by atoms with E-state index >= 15 is 0 Å². The number of hydrogen-bond donors (Lipinski definition) is 1.